The smallest absolute Gasteiger partial charge is 0.744 e. The molecule has 7 nitrogen and oxygen atoms in total. The molecule has 0 bridgehead atoms. The molecule has 0 radical (unpaired) electrons. The monoisotopic (exact) mass is 320 g/mol. The zero-order valence-electron chi connectivity index (χ0n) is 10.9. The fraction of sp³-hybridized carbons (Fsp3) is 0. The molecule has 0 atom stereocenters. The molecule has 2 N–H and O–H groups in total. The van der Waals surface area contributed by atoms with E-state index in [9.17, 15) is 22.6 Å². The summed E-state index contributed by atoms with van der Waals surface area (Å²) >= 11 is 0. The Balaban J connectivity index is 0.00000400. The Kier molecular flexibility index (Phi) is 7.55. The summed E-state index contributed by atoms with van der Waals surface area (Å²) in [7, 11) is -5.15. The van der Waals surface area contributed by atoms with E-state index >= 15 is 0 Å². The number of aliphatic carboxylic acids is 2. The summed E-state index contributed by atoms with van der Waals surface area (Å²) in [6.07, 6.45) is 0.970. The first kappa shape index (κ1) is 19.6. The van der Waals surface area contributed by atoms with Gasteiger partial charge in [0.2, 0.25) is 0 Å². The normalized spacial score (nSPS) is 12.4. The van der Waals surface area contributed by atoms with Gasteiger partial charge in [0.15, 0.2) is 0 Å². The van der Waals surface area contributed by atoms with Gasteiger partial charge in [-0.1, -0.05) is 30.3 Å². The van der Waals surface area contributed by atoms with Crippen molar-refractivity contribution in [3.63, 3.8) is 0 Å². The minimum atomic E-state index is -5.15. The molecule has 0 aliphatic rings. The summed E-state index contributed by atoms with van der Waals surface area (Å²) in [5, 5.41) is 17.4. The summed E-state index contributed by atoms with van der Waals surface area (Å²) in [6.45, 7) is 0. The zero-order chi connectivity index (χ0) is 15.3. The number of hydrogen-bond donors (Lipinski definition) is 2. The van der Waals surface area contributed by atoms with E-state index in [2.05, 4.69) is 0 Å². The minimum Gasteiger partial charge on any atom is -0.744 e. The maximum atomic E-state index is 11.1. The quantitative estimate of drug-likeness (QED) is 0.269. The van der Waals surface area contributed by atoms with Crippen LogP contribution in [-0.2, 0) is 19.7 Å². The third kappa shape index (κ3) is 6.23. The molecule has 21 heavy (non-hydrogen) atoms. The van der Waals surface area contributed by atoms with Crippen LogP contribution in [0.2, 0.25) is 0 Å². The van der Waals surface area contributed by atoms with Gasteiger partial charge in [-0.15, -0.1) is 0 Å². The Labute approximate surface area is 142 Å². The Morgan fingerprint density at radius 2 is 1.62 bits per heavy atom. The van der Waals surface area contributed by atoms with Gasteiger partial charge >= 0.3 is 41.5 Å². The van der Waals surface area contributed by atoms with Gasteiger partial charge in [-0.3, -0.25) is 0 Å². The molecular weight excluding hydrogens is 311 g/mol. The van der Waals surface area contributed by atoms with E-state index in [1.54, 1.807) is 18.2 Å². The summed E-state index contributed by atoms with van der Waals surface area (Å²) < 4.78 is 33.4. The van der Waals surface area contributed by atoms with Gasteiger partial charge < -0.3 is 14.8 Å². The molecule has 1 aromatic rings. The van der Waals surface area contributed by atoms with Crippen molar-refractivity contribution in [1.29, 1.82) is 0 Å². The molecular formula is C12H9NaO7S. The number of carboxylic acid groups (broad SMARTS) is 2. The second kappa shape index (κ2) is 8.11. The minimum absolute atomic E-state index is 0. The van der Waals surface area contributed by atoms with Gasteiger partial charge in [0.1, 0.15) is 10.1 Å². The molecule has 0 unspecified atom stereocenters. The van der Waals surface area contributed by atoms with E-state index in [0.717, 1.165) is 6.08 Å². The fourth-order valence-corrected chi connectivity index (χ4v) is 2.04. The number of carbonyl (C=O) groups is 2. The fourth-order valence-electron chi connectivity index (χ4n) is 1.35. The molecule has 0 heterocycles. The van der Waals surface area contributed by atoms with Crippen molar-refractivity contribution < 1.29 is 62.3 Å². The molecule has 0 saturated heterocycles. The van der Waals surface area contributed by atoms with Crippen molar-refractivity contribution in [3.8, 4) is 0 Å². The molecule has 106 valence electrons. The molecule has 9 heteroatoms. The van der Waals surface area contributed by atoms with Crippen LogP contribution in [0.25, 0.3) is 6.08 Å². The predicted octanol–water partition coefficient (Wildman–Crippen LogP) is -2.33. The summed E-state index contributed by atoms with van der Waals surface area (Å²) in [6, 6.07) is 7.59. The molecule has 1 aromatic carbocycles. The van der Waals surface area contributed by atoms with E-state index in [1.807, 2.05) is 0 Å². The molecule has 0 spiro atoms. The standard InChI is InChI=1S/C12H10O7S.Na/c13-11(14)7-9(12(15)16)10(20(17,18)19)6-8-4-2-1-3-5-8;/h1-7H,(H,13,14)(H,15,16)(H,17,18,19);/q;+1/p-1/b9-7-,10-6?;. The van der Waals surface area contributed by atoms with Crippen molar-refractivity contribution in [1.82, 2.24) is 0 Å². The second-order valence-corrected chi connectivity index (χ2v) is 4.92. The van der Waals surface area contributed by atoms with E-state index in [4.69, 9.17) is 10.2 Å². The van der Waals surface area contributed by atoms with E-state index in [0.29, 0.717) is 0 Å². The van der Waals surface area contributed by atoms with Gasteiger partial charge in [0.25, 0.3) is 0 Å². The van der Waals surface area contributed by atoms with Crippen molar-refractivity contribution in [3.05, 3.63) is 52.4 Å². The summed E-state index contributed by atoms with van der Waals surface area (Å²) in [5.74, 6) is -3.50. The summed E-state index contributed by atoms with van der Waals surface area (Å²) in [5.41, 5.74) is -0.851. The van der Waals surface area contributed by atoms with Gasteiger partial charge in [0, 0.05) is 6.08 Å². The largest absolute Gasteiger partial charge is 1.00 e. The first-order chi connectivity index (χ1) is 9.21. The second-order valence-electron chi connectivity index (χ2n) is 3.57. The first-order valence-corrected chi connectivity index (χ1v) is 6.53. The van der Waals surface area contributed by atoms with Crippen LogP contribution >= 0.6 is 0 Å². The van der Waals surface area contributed by atoms with Crippen LogP contribution in [-0.4, -0.2) is 35.1 Å². The maximum Gasteiger partial charge on any atom is 1.00 e. The van der Waals surface area contributed by atoms with Crippen LogP contribution in [0, 0.1) is 0 Å². The number of rotatable bonds is 5. The van der Waals surface area contributed by atoms with Crippen molar-refractivity contribution in [2.75, 3.05) is 0 Å². The third-order valence-corrected chi connectivity index (χ3v) is 3.01. The number of hydrogen-bond acceptors (Lipinski definition) is 5. The molecule has 1 rings (SSSR count). The van der Waals surface area contributed by atoms with Crippen molar-refractivity contribution >= 4 is 28.1 Å². The molecule has 0 fully saturated rings. The molecule has 0 saturated carbocycles. The van der Waals surface area contributed by atoms with Crippen LogP contribution in [0.15, 0.2) is 46.9 Å². The number of benzene rings is 1. The Morgan fingerprint density at radius 3 is 2.00 bits per heavy atom. The molecule has 0 aliphatic carbocycles. The third-order valence-electron chi connectivity index (χ3n) is 2.13. The Morgan fingerprint density at radius 1 is 1.10 bits per heavy atom. The van der Waals surface area contributed by atoms with Gasteiger partial charge in [-0.25, -0.2) is 18.0 Å². The van der Waals surface area contributed by atoms with Crippen LogP contribution < -0.4 is 29.6 Å². The number of carboxylic acids is 2. The maximum absolute atomic E-state index is 11.1. The van der Waals surface area contributed by atoms with E-state index in [1.165, 1.54) is 12.1 Å². The van der Waals surface area contributed by atoms with Crippen LogP contribution in [0.1, 0.15) is 5.56 Å². The Bertz CT molecular complexity index is 690. The zero-order valence-corrected chi connectivity index (χ0v) is 13.7. The van der Waals surface area contributed by atoms with Crippen LogP contribution in [0.4, 0.5) is 0 Å². The predicted molar refractivity (Wildman–Crippen MR) is 67.5 cm³/mol. The first-order valence-electron chi connectivity index (χ1n) is 5.12. The van der Waals surface area contributed by atoms with Crippen molar-refractivity contribution in [2.45, 2.75) is 0 Å². The summed E-state index contributed by atoms with van der Waals surface area (Å²) in [4.78, 5) is 20.4. The molecule has 0 aromatic heterocycles. The van der Waals surface area contributed by atoms with E-state index < -0.39 is 32.5 Å². The average Bonchev–Trinajstić information content (AvgIpc) is 2.33. The van der Waals surface area contributed by atoms with Gasteiger partial charge in [-0.05, 0) is 11.6 Å². The average molecular weight is 320 g/mol. The SMILES string of the molecule is O=C(O)/C=C(\C(=O)O)C(=Cc1ccccc1)S(=O)(=O)[O-].[Na+]. The van der Waals surface area contributed by atoms with Crippen molar-refractivity contribution in [2.24, 2.45) is 0 Å². The topological polar surface area (TPSA) is 132 Å². The molecule has 0 aliphatic heterocycles. The van der Waals surface area contributed by atoms with Gasteiger partial charge in [0.05, 0.1) is 10.5 Å². The van der Waals surface area contributed by atoms with Gasteiger partial charge in [-0.2, -0.15) is 0 Å². The molecule has 0 amide bonds. The van der Waals surface area contributed by atoms with Crippen LogP contribution in [0.3, 0.4) is 0 Å². The van der Waals surface area contributed by atoms with E-state index in [-0.39, 0.29) is 41.2 Å². The van der Waals surface area contributed by atoms with Crippen LogP contribution in [0.5, 0.6) is 0 Å². The Hall–Kier alpha value is -1.45.